The van der Waals surface area contributed by atoms with Gasteiger partial charge in [-0.3, -0.25) is 0 Å². The van der Waals surface area contributed by atoms with E-state index in [9.17, 15) is 0 Å². The van der Waals surface area contributed by atoms with Gasteiger partial charge in [0, 0.05) is 21.8 Å². The van der Waals surface area contributed by atoms with Gasteiger partial charge in [-0.15, -0.1) is 22.7 Å². The maximum absolute atomic E-state index is 4.08. The van der Waals surface area contributed by atoms with Gasteiger partial charge in [0.25, 0.3) is 0 Å². The van der Waals surface area contributed by atoms with Crippen molar-refractivity contribution in [3.05, 3.63) is 44.8 Å². The molecule has 2 atom stereocenters. The summed E-state index contributed by atoms with van der Waals surface area (Å²) in [5, 5.41) is 8.54. The fourth-order valence-corrected chi connectivity index (χ4v) is 5.51. The van der Waals surface area contributed by atoms with Crippen molar-refractivity contribution in [1.82, 2.24) is 5.32 Å². The second kappa shape index (κ2) is 6.23. The molecule has 0 aromatic carbocycles. The van der Waals surface area contributed by atoms with Crippen molar-refractivity contribution in [2.24, 2.45) is 11.8 Å². The molecule has 2 aromatic rings. The van der Waals surface area contributed by atoms with Crippen molar-refractivity contribution in [1.29, 1.82) is 0 Å². The minimum Gasteiger partial charge on any atom is -0.301 e. The Morgan fingerprint density at radius 1 is 0.810 bits per heavy atom. The Balaban J connectivity index is 1.57. The van der Waals surface area contributed by atoms with Crippen LogP contribution in [0.15, 0.2) is 35.0 Å². The molecule has 112 valence electrons. The van der Waals surface area contributed by atoms with E-state index in [1.807, 2.05) is 22.7 Å². The molecule has 0 saturated heterocycles. The Labute approximate surface area is 135 Å². The lowest BCUT2D eigenvalue weighted by molar-refractivity contribution is 0.320. The molecule has 0 bridgehead atoms. The van der Waals surface area contributed by atoms with E-state index in [2.05, 4.69) is 40.3 Å². The molecule has 21 heavy (non-hydrogen) atoms. The zero-order valence-corrected chi connectivity index (χ0v) is 14.0. The third-order valence-electron chi connectivity index (χ3n) is 5.02. The highest BCUT2D eigenvalue weighted by Crippen LogP contribution is 2.46. The van der Waals surface area contributed by atoms with Gasteiger partial charge in [0.05, 0.1) is 0 Å². The van der Waals surface area contributed by atoms with Gasteiger partial charge in [0.2, 0.25) is 0 Å². The zero-order valence-electron chi connectivity index (χ0n) is 12.3. The van der Waals surface area contributed by atoms with Gasteiger partial charge in [-0.1, -0.05) is 25.0 Å². The molecular weight excluding hydrogens is 294 g/mol. The van der Waals surface area contributed by atoms with Crippen LogP contribution in [0.5, 0.6) is 0 Å². The molecule has 0 radical (unpaired) electrons. The minimum atomic E-state index is 0.570. The number of hydrogen-bond acceptors (Lipinski definition) is 3. The van der Waals surface area contributed by atoms with Crippen LogP contribution < -0.4 is 5.32 Å². The predicted molar refractivity (Wildman–Crippen MR) is 91.9 cm³/mol. The first-order valence-electron chi connectivity index (χ1n) is 8.24. The summed E-state index contributed by atoms with van der Waals surface area (Å²) in [5.74, 6) is 1.71. The number of hydrogen-bond donors (Lipinski definition) is 1. The molecule has 2 fully saturated rings. The average molecular weight is 318 g/mol. The smallest absolute Gasteiger partial charge is 0.0448 e. The number of thiophene rings is 2. The molecule has 4 rings (SSSR count). The largest absolute Gasteiger partial charge is 0.301 e. The van der Waals surface area contributed by atoms with Crippen molar-refractivity contribution < 1.29 is 0 Å². The number of rotatable bonds is 6. The van der Waals surface area contributed by atoms with E-state index < -0.39 is 0 Å². The van der Waals surface area contributed by atoms with Crippen LogP contribution in [0.2, 0.25) is 0 Å². The summed E-state index contributed by atoms with van der Waals surface area (Å²) in [4.78, 5) is 3.08. The van der Waals surface area contributed by atoms with Gasteiger partial charge in [-0.25, -0.2) is 0 Å². The summed E-state index contributed by atoms with van der Waals surface area (Å²) in [7, 11) is 0. The van der Waals surface area contributed by atoms with Gasteiger partial charge in [-0.05, 0) is 60.4 Å². The third-order valence-corrected chi connectivity index (χ3v) is 6.93. The van der Waals surface area contributed by atoms with E-state index >= 15 is 0 Å². The van der Waals surface area contributed by atoms with E-state index in [4.69, 9.17) is 0 Å². The molecule has 0 amide bonds. The van der Waals surface area contributed by atoms with Crippen LogP contribution >= 0.6 is 22.7 Å². The molecule has 2 aliphatic carbocycles. The molecule has 2 unspecified atom stereocenters. The maximum Gasteiger partial charge on any atom is 0.0448 e. The van der Waals surface area contributed by atoms with Gasteiger partial charge in [0.1, 0.15) is 0 Å². The van der Waals surface area contributed by atoms with Gasteiger partial charge in [-0.2, -0.15) is 0 Å². The van der Waals surface area contributed by atoms with Gasteiger partial charge < -0.3 is 5.32 Å². The fraction of sp³-hybridized carbons (Fsp3) is 0.556. The van der Waals surface area contributed by atoms with Gasteiger partial charge in [0.15, 0.2) is 0 Å². The quantitative estimate of drug-likeness (QED) is 0.712. The predicted octanol–water partition coefficient (Wildman–Crippen LogP) is 5.78. The molecule has 2 heterocycles. The van der Waals surface area contributed by atoms with Crippen LogP contribution in [0.4, 0.5) is 0 Å². The molecular formula is C18H23NS2. The van der Waals surface area contributed by atoms with E-state index in [1.165, 1.54) is 43.4 Å². The molecule has 2 saturated carbocycles. The Kier molecular flexibility index (Phi) is 4.15. The summed E-state index contributed by atoms with van der Waals surface area (Å²) in [5.41, 5.74) is 0. The second-order valence-electron chi connectivity index (χ2n) is 6.53. The molecule has 2 aromatic heterocycles. The van der Waals surface area contributed by atoms with Crippen LogP contribution in [0.3, 0.4) is 0 Å². The summed E-state index contributed by atoms with van der Waals surface area (Å²) in [6.45, 7) is 0. The van der Waals surface area contributed by atoms with Crippen LogP contribution in [0, 0.1) is 11.8 Å². The summed E-state index contributed by atoms with van der Waals surface area (Å²) in [6.07, 6.45) is 8.44. The first kappa shape index (κ1) is 14.0. The third kappa shape index (κ3) is 3.10. The van der Waals surface area contributed by atoms with Crippen molar-refractivity contribution in [2.75, 3.05) is 0 Å². The maximum atomic E-state index is 4.08. The van der Waals surface area contributed by atoms with Crippen LogP contribution in [0.1, 0.15) is 60.4 Å². The molecule has 2 aliphatic rings. The highest BCUT2D eigenvalue weighted by Gasteiger charge is 2.37. The normalized spacial score (nSPS) is 22.5. The highest BCUT2D eigenvalue weighted by molar-refractivity contribution is 7.10. The first-order valence-corrected chi connectivity index (χ1v) is 10.0. The highest BCUT2D eigenvalue weighted by atomic mass is 32.1. The standard InChI is InChI=1S/C18H23NS2/c1-2-6-13(5-1)17(15-7-3-11-20-15)19-18(14-9-10-14)16-8-4-12-21-16/h3-4,7-8,11-14,17-19H,1-2,5-6,9-10H2. The Hall–Kier alpha value is -0.640. The van der Waals surface area contributed by atoms with E-state index in [0.717, 1.165) is 11.8 Å². The van der Waals surface area contributed by atoms with Crippen molar-refractivity contribution >= 4 is 22.7 Å². The SMILES string of the molecule is c1csc(C(NC(c2cccs2)C2CC2)C2CCCC2)c1. The zero-order chi connectivity index (χ0) is 14.1. The van der Waals surface area contributed by atoms with Gasteiger partial charge >= 0.3 is 0 Å². The lowest BCUT2D eigenvalue weighted by Crippen LogP contribution is -2.31. The molecule has 0 aliphatic heterocycles. The Morgan fingerprint density at radius 3 is 1.76 bits per heavy atom. The van der Waals surface area contributed by atoms with Crippen molar-refractivity contribution in [2.45, 2.75) is 50.6 Å². The molecule has 1 N–H and O–H groups in total. The van der Waals surface area contributed by atoms with Crippen LogP contribution in [-0.4, -0.2) is 0 Å². The summed E-state index contributed by atoms with van der Waals surface area (Å²) in [6, 6.07) is 10.2. The molecule has 1 nitrogen and oxygen atoms in total. The lowest BCUT2D eigenvalue weighted by atomic mass is 9.95. The summed E-state index contributed by atoms with van der Waals surface area (Å²) >= 11 is 3.85. The Morgan fingerprint density at radius 2 is 1.33 bits per heavy atom. The molecule has 0 spiro atoms. The lowest BCUT2D eigenvalue weighted by Gasteiger charge is -2.29. The minimum absolute atomic E-state index is 0.570. The molecule has 3 heteroatoms. The Bertz CT molecular complexity index is 536. The van der Waals surface area contributed by atoms with Crippen molar-refractivity contribution in [3.63, 3.8) is 0 Å². The van der Waals surface area contributed by atoms with Crippen molar-refractivity contribution in [3.8, 4) is 0 Å². The monoisotopic (exact) mass is 317 g/mol. The second-order valence-corrected chi connectivity index (χ2v) is 8.49. The van der Waals surface area contributed by atoms with Crippen LogP contribution in [0.25, 0.3) is 0 Å². The topological polar surface area (TPSA) is 12.0 Å². The first-order chi connectivity index (χ1) is 10.4. The fourth-order valence-electron chi connectivity index (χ4n) is 3.75. The average Bonchev–Trinajstić information content (AvgIpc) is 3.02. The summed E-state index contributed by atoms with van der Waals surface area (Å²) < 4.78 is 0. The van der Waals surface area contributed by atoms with Crippen LogP contribution in [-0.2, 0) is 0 Å². The van der Waals surface area contributed by atoms with E-state index in [1.54, 1.807) is 4.88 Å². The van der Waals surface area contributed by atoms with E-state index in [-0.39, 0.29) is 0 Å². The van der Waals surface area contributed by atoms with E-state index in [0.29, 0.717) is 12.1 Å². The number of nitrogens with one attached hydrogen (secondary N) is 1.